The maximum Gasteiger partial charge on any atom is 0.236 e. The number of imidazole rings is 2. The fourth-order valence-electron chi connectivity index (χ4n) is 4.17. The van der Waals surface area contributed by atoms with Crippen LogP contribution in [-0.4, -0.2) is 83.1 Å². The quantitative estimate of drug-likeness (QED) is 0.329. The normalized spacial score (nSPS) is 18.9. The maximum absolute atomic E-state index is 12.9. The molecule has 0 saturated carbocycles. The second-order valence-corrected chi connectivity index (χ2v) is 8.10. The van der Waals surface area contributed by atoms with E-state index in [9.17, 15) is 9.90 Å². The molecule has 0 unspecified atom stereocenters. The number of likely N-dealkylation sites (tertiary alicyclic amines) is 1. The summed E-state index contributed by atoms with van der Waals surface area (Å²) in [5, 5.41) is 10.7. The van der Waals surface area contributed by atoms with E-state index in [-0.39, 0.29) is 30.8 Å². The number of aromatic amines is 1. The molecule has 12 nitrogen and oxygen atoms in total. The van der Waals surface area contributed by atoms with Crippen molar-refractivity contribution in [3.05, 3.63) is 36.4 Å². The molecule has 0 radical (unpaired) electrons. The predicted molar refractivity (Wildman–Crippen MR) is 118 cm³/mol. The van der Waals surface area contributed by atoms with E-state index in [4.69, 9.17) is 11.5 Å². The second-order valence-electron chi connectivity index (χ2n) is 8.10. The number of aliphatic hydroxyl groups is 1. The van der Waals surface area contributed by atoms with E-state index in [2.05, 4.69) is 24.9 Å². The summed E-state index contributed by atoms with van der Waals surface area (Å²) in [5.41, 5.74) is 14.3. The van der Waals surface area contributed by atoms with E-state index >= 15 is 0 Å². The van der Waals surface area contributed by atoms with Crippen molar-refractivity contribution in [2.75, 3.05) is 38.1 Å². The number of H-pyrrole nitrogens is 1. The SMILES string of the molecule is CN(CC(=O)N1C[C@H](O)[C@@H](n2cnc3c(N)nc(N)nc32)C1)Cc1nc2ccccc2[nH]1. The molecule has 4 aromatic rings. The van der Waals surface area contributed by atoms with Gasteiger partial charge in [0, 0.05) is 13.1 Å². The lowest BCUT2D eigenvalue weighted by molar-refractivity contribution is -0.131. The van der Waals surface area contributed by atoms with E-state index in [0.29, 0.717) is 24.3 Å². The van der Waals surface area contributed by atoms with Gasteiger partial charge in [-0.2, -0.15) is 9.97 Å². The van der Waals surface area contributed by atoms with Gasteiger partial charge in [0.1, 0.15) is 11.3 Å². The molecule has 1 aromatic carbocycles. The van der Waals surface area contributed by atoms with Crippen molar-refractivity contribution in [3.8, 4) is 0 Å². The number of carbonyl (C=O) groups excluding carboxylic acids is 1. The number of amides is 1. The van der Waals surface area contributed by atoms with Gasteiger partial charge in [0.2, 0.25) is 11.9 Å². The van der Waals surface area contributed by atoms with Crippen molar-refractivity contribution in [1.82, 2.24) is 39.3 Å². The molecule has 1 aliphatic rings. The van der Waals surface area contributed by atoms with Gasteiger partial charge in [-0.25, -0.2) is 9.97 Å². The Kier molecular flexibility index (Phi) is 4.87. The van der Waals surface area contributed by atoms with Crippen LogP contribution in [0.3, 0.4) is 0 Å². The zero-order valence-corrected chi connectivity index (χ0v) is 17.5. The van der Waals surface area contributed by atoms with E-state index in [0.717, 1.165) is 16.9 Å². The fourth-order valence-corrected chi connectivity index (χ4v) is 4.17. The molecular weight excluding hydrogens is 412 g/mol. The van der Waals surface area contributed by atoms with Gasteiger partial charge < -0.3 is 31.0 Å². The number of carbonyl (C=O) groups is 1. The summed E-state index contributed by atoms with van der Waals surface area (Å²) in [5.74, 6) is 0.923. The standard InChI is InChI=1S/C20H24N10O2/c1-28(8-15-24-11-4-2-3-5-12(11)25-15)9-16(32)29-6-13(14(31)7-29)30-10-23-17-18(21)26-20(22)27-19(17)30/h2-5,10,13-14,31H,6-9H2,1H3,(H,24,25)(H4,21,22,26,27)/t13-,14-/m0/s1. The highest BCUT2D eigenvalue weighted by atomic mass is 16.3. The number of anilines is 2. The number of nitrogens with zero attached hydrogens (tertiary/aromatic N) is 7. The first-order valence-corrected chi connectivity index (χ1v) is 10.2. The molecule has 32 heavy (non-hydrogen) atoms. The van der Waals surface area contributed by atoms with Crippen LogP contribution in [0, 0.1) is 0 Å². The fraction of sp³-hybridized carbons (Fsp3) is 0.350. The van der Waals surface area contributed by atoms with Crippen molar-refractivity contribution in [3.63, 3.8) is 0 Å². The number of β-amino-alcohol motifs (C(OH)–C–C–N with tert-alkyl or cyclic N) is 1. The van der Waals surface area contributed by atoms with Crippen LogP contribution in [0.15, 0.2) is 30.6 Å². The van der Waals surface area contributed by atoms with E-state index < -0.39 is 12.1 Å². The van der Waals surface area contributed by atoms with Crippen LogP contribution in [0.2, 0.25) is 0 Å². The molecule has 6 N–H and O–H groups in total. The number of likely N-dealkylation sites (N-methyl/N-ethyl adjacent to an activating group) is 1. The van der Waals surface area contributed by atoms with Crippen molar-refractivity contribution in [2.45, 2.75) is 18.7 Å². The number of nitrogen functional groups attached to an aromatic ring is 2. The molecule has 1 aliphatic heterocycles. The summed E-state index contributed by atoms with van der Waals surface area (Å²) in [4.78, 5) is 36.6. The van der Waals surface area contributed by atoms with Gasteiger partial charge in [-0.1, -0.05) is 12.1 Å². The number of aromatic nitrogens is 6. The highest BCUT2D eigenvalue weighted by molar-refractivity contribution is 5.83. The zero-order valence-electron chi connectivity index (χ0n) is 17.5. The van der Waals surface area contributed by atoms with Crippen molar-refractivity contribution < 1.29 is 9.90 Å². The molecule has 1 saturated heterocycles. The van der Waals surface area contributed by atoms with E-state index in [1.165, 1.54) is 0 Å². The Hall–Kier alpha value is -3.77. The number of rotatable bonds is 5. The number of nitrogens with two attached hydrogens (primary N) is 2. The summed E-state index contributed by atoms with van der Waals surface area (Å²) in [6, 6.07) is 7.39. The van der Waals surface area contributed by atoms with Crippen LogP contribution in [0.1, 0.15) is 11.9 Å². The van der Waals surface area contributed by atoms with Gasteiger partial charge >= 0.3 is 0 Å². The highest BCUT2D eigenvalue weighted by Gasteiger charge is 2.36. The monoisotopic (exact) mass is 436 g/mol. The van der Waals surface area contributed by atoms with Crippen molar-refractivity contribution in [2.24, 2.45) is 0 Å². The minimum absolute atomic E-state index is 0.0318. The first-order chi connectivity index (χ1) is 15.4. The topological polar surface area (TPSA) is 168 Å². The molecule has 4 heterocycles. The van der Waals surface area contributed by atoms with Crippen molar-refractivity contribution >= 4 is 39.9 Å². The first kappa shape index (κ1) is 20.2. The molecule has 0 bridgehead atoms. The third-order valence-corrected chi connectivity index (χ3v) is 5.70. The molecule has 166 valence electrons. The molecule has 3 aromatic heterocycles. The zero-order chi connectivity index (χ0) is 22.4. The smallest absolute Gasteiger partial charge is 0.236 e. The lowest BCUT2D eigenvalue weighted by Crippen LogP contribution is -2.38. The summed E-state index contributed by atoms with van der Waals surface area (Å²) < 4.78 is 1.71. The van der Waals surface area contributed by atoms with Crippen LogP contribution < -0.4 is 11.5 Å². The van der Waals surface area contributed by atoms with Gasteiger partial charge in [0.15, 0.2) is 11.5 Å². The molecule has 1 amide bonds. The maximum atomic E-state index is 12.9. The summed E-state index contributed by atoms with van der Waals surface area (Å²) in [6.07, 6.45) is 0.777. The van der Waals surface area contributed by atoms with E-state index in [1.54, 1.807) is 15.8 Å². The highest BCUT2D eigenvalue weighted by Crippen LogP contribution is 2.27. The first-order valence-electron chi connectivity index (χ1n) is 10.2. The molecule has 0 spiro atoms. The van der Waals surface area contributed by atoms with Crippen LogP contribution >= 0.6 is 0 Å². The predicted octanol–water partition coefficient (Wildman–Crippen LogP) is -0.257. The lowest BCUT2D eigenvalue weighted by Gasteiger charge is -2.21. The van der Waals surface area contributed by atoms with E-state index in [1.807, 2.05) is 36.2 Å². The lowest BCUT2D eigenvalue weighted by atomic mass is 10.2. The van der Waals surface area contributed by atoms with Gasteiger partial charge in [-0.3, -0.25) is 9.69 Å². The Labute approximate surface area is 182 Å². The minimum atomic E-state index is -0.769. The van der Waals surface area contributed by atoms with Crippen LogP contribution in [0.4, 0.5) is 11.8 Å². The molecule has 12 heteroatoms. The van der Waals surface area contributed by atoms with Crippen LogP contribution in [0.5, 0.6) is 0 Å². The van der Waals surface area contributed by atoms with Gasteiger partial charge in [-0.15, -0.1) is 0 Å². The second kappa shape index (κ2) is 7.73. The number of fused-ring (bicyclic) bond motifs is 2. The van der Waals surface area contributed by atoms with Crippen LogP contribution in [0.25, 0.3) is 22.2 Å². The summed E-state index contributed by atoms with van der Waals surface area (Å²) in [6.45, 7) is 1.25. The Morgan fingerprint density at radius 3 is 2.88 bits per heavy atom. The molecule has 0 aliphatic carbocycles. The number of para-hydroxylation sites is 2. The molecule has 5 rings (SSSR count). The van der Waals surface area contributed by atoms with Gasteiger partial charge in [0.05, 0.1) is 42.6 Å². The molecular formula is C20H24N10O2. The molecule has 2 atom stereocenters. The third-order valence-electron chi connectivity index (χ3n) is 5.70. The Balaban J connectivity index is 1.26. The van der Waals surface area contributed by atoms with Gasteiger partial charge in [-0.05, 0) is 19.2 Å². The molecule has 1 fully saturated rings. The summed E-state index contributed by atoms with van der Waals surface area (Å²) in [7, 11) is 1.86. The summed E-state index contributed by atoms with van der Waals surface area (Å²) >= 11 is 0. The Bertz CT molecular complexity index is 1270. The number of hydrogen-bond donors (Lipinski definition) is 4. The average molecular weight is 436 g/mol. The third kappa shape index (κ3) is 3.59. The van der Waals surface area contributed by atoms with Gasteiger partial charge in [0.25, 0.3) is 0 Å². The largest absolute Gasteiger partial charge is 0.389 e. The van der Waals surface area contributed by atoms with Crippen molar-refractivity contribution in [1.29, 1.82) is 0 Å². The average Bonchev–Trinajstić information content (AvgIpc) is 3.43. The minimum Gasteiger partial charge on any atom is -0.389 e. The number of hydrogen-bond acceptors (Lipinski definition) is 9. The number of aliphatic hydroxyl groups excluding tert-OH is 1. The number of nitrogens with one attached hydrogen (secondary N) is 1. The Morgan fingerprint density at radius 2 is 2.06 bits per heavy atom. The number of benzene rings is 1. The van der Waals surface area contributed by atoms with Crippen LogP contribution in [-0.2, 0) is 11.3 Å². The Morgan fingerprint density at radius 1 is 1.25 bits per heavy atom.